The second kappa shape index (κ2) is 9.90. The van der Waals surface area contributed by atoms with Crippen LogP contribution < -0.4 is 10.6 Å². The lowest BCUT2D eigenvalue weighted by atomic mass is 10.1. The minimum absolute atomic E-state index is 0.0139. The number of hydrogen-bond acceptors (Lipinski definition) is 8. The van der Waals surface area contributed by atoms with E-state index in [1.165, 1.54) is 36.4 Å². The summed E-state index contributed by atoms with van der Waals surface area (Å²) in [5.41, 5.74) is 0.195. The van der Waals surface area contributed by atoms with Gasteiger partial charge in [0.15, 0.2) is 29.0 Å². The largest absolute Gasteiger partial charge is 0.504 e. The Labute approximate surface area is 184 Å². The molecule has 1 unspecified atom stereocenters. The average molecular weight is 443 g/mol. The predicted octanol–water partition coefficient (Wildman–Crippen LogP) is 1.37. The van der Waals surface area contributed by atoms with Gasteiger partial charge in [-0.15, -0.1) is 0 Å². The monoisotopic (exact) mass is 443 g/mol. The first-order chi connectivity index (χ1) is 15.3. The molecule has 6 N–H and O–H groups in total. The summed E-state index contributed by atoms with van der Waals surface area (Å²) in [6.07, 6.45) is 0.624. The highest BCUT2D eigenvalue weighted by Gasteiger charge is 2.34. The highest BCUT2D eigenvalue weighted by atomic mass is 16.5. The van der Waals surface area contributed by atoms with Gasteiger partial charge in [0.2, 0.25) is 11.8 Å². The molecule has 0 aromatic heterocycles. The molecule has 1 aliphatic rings. The molecule has 0 spiro atoms. The van der Waals surface area contributed by atoms with E-state index in [0.717, 1.165) is 0 Å². The summed E-state index contributed by atoms with van der Waals surface area (Å²) >= 11 is 0. The lowest BCUT2D eigenvalue weighted by molar-refractivity contribution is -0.123. The molecule has 2 aromatic rings. The maximum atomic E-state index is 12.4. The first-order valence-electron chi connectivity index (χ1n) is 10.1. The van der Waals surface area contributed by atoms with Crippen molar-refractivity contribution < 1.29 is 34.8 Å². The number of benzene rings is 2. The predicted molar refractivity (Wildman–Crippen MR) is 115 cm³/mol. The van der Waals surface area contributed by atoms with Crippen LogP contribution in [0.2, 0.25) is 0 Å². The summed E-state index contributed by atoms with van der Waals surface area (Å²) in [5, 5.41) is 44.2. The van der Waals surface area contributed by atoms with Crippen LogP contribution in [-0.2, 0) is 9.53 Å². The Balaban J connectivity index is 1.43. The molecule has 0 saturated heterocycles. The number of hydrogen-bond donors (Lipinski definition) is 6. The van der Waals surface area contributed by atoms with Crippen LogP contribution in [-0.4, -0.2) is 63.4 Å². The molecule has 0 fully saturated rings. The van der Waals surface area contributed by atoms with E-state index in [9.17, 15) is 30.0 Å². The number of rotatable bonds is 8. The van der Waals surface area contributed by atoms with Crippen LogP contribution in [0.15, 0.2) is 41.4 Å². The van der Waals surface area contributed by atoms with Gasteiger partial charge in [-0.1, -0.05) is 12.1 Å². The quantitative estimate of drug-likeness (QED) is 0.265. The van der Waals surface area contributed by atoms with Crippen LogP contribution in [0.1, 0.15) is 35.7 Å². The van der Waals surface area contributed by atoms with Crippen LogP contribution in [0.5, 0.6) is 23.0 Å². The molecule has 2 aromatic carbocycles. The van der Waals surface area contributed by atoms with E-state index < -0.39 is 23.8 Å². The van der Waals surface area contributed by atoms with Gasteiger partial charge in [-0.3, -0.25) is 9.59 Å². The smallest absolute Gasteiger partial charge is 0.255 e. The highest BCUT2D eigenvalue weighted by Crippen LogP contribution is 2.31. The molecule has 0 saturated carbocycles. The second-order valence-electron chi connectivity index (χ2n) is 7.30. The third-order valence-corrected chi connectivity index (χ3v) is 4.96. The van der Waals surface area contributed by atoms with Gasteiger partial charge in [0.05, 0.1) is 11.1 Å². The molecule has 1 aliphatic heterocycles. The van der Waals surface area contributed by atoms with E-state index in [1.807, 2.05) is 0 Å². The van der Waals surface area contributed by atoms with Gasteiger partial charge in [-0.2, -0.15) is 0 Å². The molecule has 0 radical (unpaired) electrons. The minimum atomic E-state index is -0.791. The Morgan fingerprint density at radius 2 is 1.56 bits per heavy atom. The summed E-state index contributed by atoms with van der Waals surface area (Å²) in [6, 6.07) is 7.76. The van der Waals surface area contributed by atoms with E-state index in [0.29, 0.717) is 25.9 Å². The number of nitrogens with zero attached hydrogens (tertiary/aromatic N) is 1. The maximum absolute atomic E-state index is 12.4. The second-order valence-corrected chi connectivity index (χ2v) is 7.30. The van der Waals surface area contributed by atoms with Crippen LogP contribution in [0.25, 0.3) is 0 Å². The fourth-order valence-corrected chi connectivity index (χ4v) is 3.19. The number of para-hydroxylation sites is 2. The molecule has 3 rings (SSSR count). The van der Waals surface area contributed by atoms with E-state index >= 15 is 0 Å². The number of carbonyl (C=O) groups is 2. The summed E-state index contributed by atoms with van der Waals surface area (Å²) in [5.74, 6) is -2.25. The van der Waals surface area contributed by atoms with Crippen molar-refractivity contribution in [2.75, 3.05) is 13.1 Å². The number of unbranched alkanes of at least 4 members (excludes halogenated alkanes) is 1. The molecule has 10 nitrogen and oxygen atoms in total. The van der Waals surface area contributed by atoms with E-state index in [4.69, 9.17) is 4.74 Å². The molecule has 2 atom stereocenters. The summed E-state index contributed by atoms with van der Waals surface area (Å²) < 4.78 is 5.58. The number of nitrogens with one attached hydrogen (secondary N) is 2. The van der Waals surface area contributed by atoms with Gasteiger partial charge in [-0.05, 0) is 44.0 Å². The van der Waals surface area contributed by atoms with Crippen LogP contribution in [0.4, 0.5) is 0 Å². The first kappa shape index (κ1) is 22.7. The highest BCUT2D eigenvalue weighted by molar-refractivity contribution is 6.01. The normalized spacial score (nSPS) is 17.3. The van der Waals surface area contributed by atoms with Gasteiger partial charge in [0, 0.05) is 13.1 Å². The molecular weight excluding hydrogens is 418 g/mol. The Morgan fingerprint density at radius 1 is 0.938 bits per heavy atom. The van der Waals surface area contributed by atoms with Crippen molar-refractivity contribution in [1.82, 2.24) is 10.6 Å². The first-order valence-corrected chi connectivity index (χ1v) is 10.1. The van der Waals surface area contributed by atoms with Crippen molar-refractivity contribution in [2.45, 2.75) is 31.9 Å². The van der Waals surface area contributed by atoms with Gasteiger partial charge in [0.25, 0.3) is 5.91 Å². The lowest BCUT2D eigenvalue weighted by Crippen LogP contribution is -2.38. The topological polar surface area (TPSA) is 161 Å². The third kappa shape index (κ3) is 5.02. The number of aromatic hydroxyl groups is 4. The van der Waals surface area contributed by atoms with E-state index in [1.54, 1.807) is 6.92 Å². The van der Waals surface area contributed by atoms with Crippen molar-refractivity contribution in [3.8, 4) is 23.0 Å². The molecule has 1 heterocycles. The summed E-state index contributed by atoms with van der Waals surface area (Å²) in [7, 11) is 0. The molecule has 0 bridgehead atoms. The lowest BCUT2D eigenvalue weighted by Gasteiger charge is -2.13. The van der Waals surface area contributed by atoms with Gasteiger partial charge in [0.1, 0.15) is 6.10 Å². The van der Waals surface area contributed by atoms with Crippen LogP contribution in [0, 0.1) is 0 Å². The van der Waals surface area contributed by atoms with Crippen molar-refractivity contribution in [1.29, 1.82) is 0 Å². The Hall–Kier alpha value is -3.95. The zero-order valence-electron chi connectivity index (χ0n) is 17.4. The summed E-state index contributed by atoms with van der Waals surface area (Å²) in [4.78, 5) is 28.7. The number of aliphatic imine (C=N–C) groups is 1. The fourth-order valence-electron chi connectivity index (χ4n) is 3.19. The molecule has 2 amide bonds. The van der Waals surface area contributed by atoms with Crippen molar-refractivity contribution in [3.63, 3.8) is 0 Å². The minimum Gasteiger partial charge on any atom is -0.504 e. The maximum Gasteiger partial charge on any atom is 0.255 e. The van der Waals surface area contributed by atoms with Crippen LogP contribution in [0.3, 0.4) is 0 Å². The molecule has 170 valence electrons. The Kier molecular flexibility index (Phi) is 7.04. The molecule has 0 aliphatic carbocycles. The Bertz CT molecular complexity index is 1040. The average Bonchev–Trinajstić information content (AvgIpc) is 3.15. The number of carbonyl (C=O) groups excluding carboxylic acids is 2. The molecular formula is C22H25N3O7. The van der Waals surface area contributed by atoms with Gasteiger partial charge >= 0.3 is 0 Å². The number of ether oxygens (including phenoxy) is 1. The van der Waals surface area contributed by atoms with Gasteiger partial charge in [-0.25, -0.2) is 4.99 Å². The number of phenolic OH excluding ortho intramolecular Hbond substituents is 4. The SMILES string of the molecule is CC1OC(c2cccc(O)c2O)=N[C@@H]1C(=O)NCCCCNC(=O)c1cccc(O)c1O. The van der Waals surface area contributed by atoms with E-state index in [2.05, 4.69) is 15.6 Å². The van der Waals surface area contributed by atoms with Gasteiger partial charge < -0.3 is 35.8 Å². The molecule has 10 heteroatoms. The zero-order chi connectivity index (χ0) is 23.3. The zero-order valence-corrected chi connectivity index (χ0v) is 17.4. The summed E-state index contributed by atoms with van der Waals surface area (Å²) in [6.45, 7) is 2.37. The van der Waals surface area contributed by atoms with Crippen molar-refractivity contribution >= 4 is 17.7 Å². The van der Waals surface area contributed by atoms with E-state index in [-0.39, 0.29) is 40.2 Å². The fraction of sp³-hybridized carbons (Fsp3) is 0.318. The third-order valence-electron chi connectivity index (χ3n) is 4.96. The molecule has 32 heavy (non-hydrogen) atoms. The number of amides is 2. The Morgan fingerprint density at radius 3 is 2.28 bits per heavy atom. The van der Waals surface area contributed by atoms with Crippen molar-refractivity contribution in [3.05, 3.63) is 47.5 Å². The van der Waals surface area contributed by atoms with Crippen LogP contribution >= 0.6 is 0 Å². The number of phenols is 4. The van der Waals surface area contributed by atoms with Crippen molar-refractivity contribution in [2.24, 2.45) is 4.99 Å². The standard InChI is InChI=1S/C22H25N3O7/c1-12-17(25-22(32-12)14-7-5-9-16(27)19(14)29)21(31)24-11-3-2-10-23-20(30)13-6-4-8-15(26)18(13)28/h4-9,12,17,26-29H,2-3,10-11H2,1H3,(H,23,30)(H,24,31)/t12?,17-/m0/s1.